The van der Waals surface area contributed by atoms with E-state index >= 15 is 0 Å². The first kappa shape index (κ1) is 15.8. The lowest BCUT2D eigenvalue weighted by atomic mass is 10.1. The number of anilines is 1. The third-order valence-corrected chi connectivity index (χ3v) is 4.31. The van der Waals surface area contributed by atoms with Crippen molar-refractivity contribution < 1.29 is 4.79 Å². The molecule has 23 heavy (non-hydrogen) atoms. The Morgan fingerprint density at radius 2 is 1.74 bits per heavy atom. The smallest absolute Gasteiger partial charge is 0.255 e. The molecular formula is C18H14Cl2N2O. The summed E-state index contributed by atoms with van der Waals surface area (Å²) in [4.78, 5) is 17.0. The van der Waals surface area contributed by atoms with Gasteiger partial charge in [-0.05, 0) is 61.9 Å². The molecule has 0 aliphatic carbocycles. The van der Waals surface area contributed by atoms with Gasteiger partial charge in [0.05, 0.1) is 11.2 Å². The number of nitrogens with one attached hydrogen (secondary N) is 1. The Balaban J connectivity index is 2.04. The van der Waals surface area contributed by atoms with Crippen molar-refractivity contribution in [2.24, 2.45) is 0 Å². The molecule has 0 aliphatic heterocycles. The fraction of sp³-hybridized carbons (Fsp3) is 0.111. The van der Waals surface area contributed by atoms with Crippen LogP contribution < -0.4 is 5.32 Å². The fourth-order valence-electron chi connectivity index (χ4n) is 2.43. The van der Waals surface area contributed by atoms with Gasteiger partial charge in [0.1, 0.15) is 0 Å². The molecule has 0 fully saturated rings. The number of hydrogen-bond donors (Lipinski definition) is 1. The number of rotatable bonds is 2. The van der Waals surface area contributed by atoms with Crippen LogP contribution in [0.25, 0.3) is 10.9 Å². The Bertz CT molecular complexity index is 905. The fourth-order valence-corrected chi connectivity index (χ4v) is 2.71. The zero-order valence-corrected chi connectivity index (χ0v) is 14.2. The van der Waals surface area contributed by atoms with Gasteiger partial charge in [-0.15, -0.1) is 0 Å². The van der Waals surface area contributed by atoms with Crippen LogP contribution in [0, 0.1) is 13.8 Å². The highest BCUT2D eigenvalue weighted by Crippen LogP contribution is 2.30. The van der Waals surface area contributed by atoms with Crippen LogP contribution in [0.2, 0.25) is 10.0 Å². The third kappa shape index (κ3) is 3.16. The van der Waals surface area contributed by atoms with Crippen molar-refractivity contribution in [3.63, 3.8) is 0 Å². The lowest BCUT2D eigenvalue weighted by molar-refractivity contribution is 0.102. The van der Waals surface area contributed by atoms with Crippen LogP contribution in [0.5, 0.6) is 0 Å². The highest BCUT2D eigenvalue weighted by atomic mass is 35.5. The summed E-state index contributed by atoms with van der Waals surface area (Å²) < 4.78 is 0. The summed E-state index contributed by atoms with van der Waals surface area (Å²) in [7, 11) is 0. The predicted octanol–water partition coefficient (Wildman–Crippen LogP) is 5.41. The highest BCUT2D eigenvalue weighted by molar-refractivity contribution is 6.32. The van der Waals surface area contributed by atoms with E-state index in [1.165, 1.54) is 0 Å². The summed E-state index contributed by atoms with van der Waals surface area (Å²) in [6, 6.07) is 12.3. The quantitative estimate of drug-likeness (QED) is 0.675. The zero-order valence-electron chi connectivity index (χ0n) is 12.7. The summed E-state index contributed by atoms with van der Waals surface area (Å²) in [6.45, 7) is 3.81. The van der Waals surface area contributed by atoms with Gasteiger partial charge in [0.2, 0.25) is 0 Å². The lowest BCUT2D eigenvalue weighted by Gasteiger charge is -2.12. The molecule has 0 spiro atoms. The number of fused-ring (bicyclic) bond motifs is 1. The number of benzene rings is 2. The number of hydrogen-bond acceptors (Lipinski definition) is 2. The van der Waals surface area contributed by atoms with E-state index in [0.717, 1.165) is 22.2 Å². The molecule has 0 unspecified atom stereocenters. The zero-order chi connectivity index (χ0) is 16.6. The molecule has 1 aromatic heterocycles. The Labute approximate surface area is 144 Å². The minimum Gasteiger partial charge on any atom is -0.321 e. The van der Waals surface area contributed by atoms with Gasteiger partial charge in [-0.1, -0.05) is 23.2 Å². The summed E-state index contributed by atoms with van der Waals surface area (Å²) in [6.07, 6.45) is 0. The number of aryl methyl sites for hydroxylation is 2. The van der Waals surface area contributed by atoms with Crippen LogP contribution in [0.3, 0.4) is 0 Å². The van der Waals surface area contributed by atoms with Gasteiger partial charge < -0.3 is 5.32 Å². The van der Waals surface area contributed by atoms with Gasteiger partial charge in [0.15, 0.2) is 0 Å². The first-order valence-corrected chi connectivity index (χ1v) is 7.84. The minimum absolute atomic E-state index is 0.193. The van der Waals surface area contributed by atoms with Gasteiger partial charge in [0.25, 0.3) is 5.91 Å². The molecule has 1 amide bonds. The summed E-state index contributed by atoms with van der Waals surface area (Å²) >= 11 is 12.0. The second kappa shape index (κ2) is 6.19. The van der Waals surface area contributed by atoms with E-state index in [1.807, 2.05) is 32.0 Å². The molecule has 3 rings (SSSR count). The van der Waals surface area contributed by atoms with Crippen LogP contribution in [0.1, 0.15) is 21.6 Å². The van der Waals surface area contributed by atoms with Crippen LogP contribution in [0.15, 0.2) is 42.5 Å². The maximum atomic E-state index is 12.4. The normalized spacial score (nSPS) is 10.8. The van der Waals surface area contributed by atoms with Crippen molar-refractivity contribution in [2.45, 2.75) is 13.8 Å². The number of aromatic nitrogens is 1. The largest absolute Gasteiger partial charge is 0.321 e. The topological polar surface area (TPSA) is 42.0 Å². The number of nitrogens with zero attached hydrogens (tertiary/aromatic N) is 1. The Kier molecular flexibility index (Phi) is 4.24. The molecule has 3 aromatic rings. The molecule has 2 aromatic carbocycles. The van der Waals surface area contributed by atoms with E-state index in [4.69, 9.17) is 23.2 Å². The van der Waals surface area contributed by atoms with Gasteiger partial charge in [-0.25, -0.2) is 0 Å². The van der Waals surface area contributed by atoms with Crippen LogP contribution >= 0.6 is 23.2 Å². The third-order valence-electron chi connectivity index (χ3n) is 3.65. The van der Waals surface area contributed by atoms with Crippen molar-refractivity contribution in [1.29, 1.82) is 0 Å². The van der Waals surface area contributed by atoms with Gasteiger partial charge in [-0.2, -0.15) is 0 Å². The standard InChI is InChI=1S/C18H14Cl2N2O/c1-10-9-16(14-7-8-15(20)11(2)17(14)21-10)22-18(23)12-3-5-13(19)6-4-12/h3-9H,1-2H3,(H,21,22,23). The number of halogens is 2. The first-order chi connectivity index (χ1) is 11.0. The Morgan fingerprint density at radius 3 is 2.43 bits per heavy atom. The van der Waals surface area contributed by atoms with Gasteiger partial charge in [-0.3, -0.25) is 9.78 Å². The number of carbonyl (C=O) groups is 1. The second-order valence-electron chi connectivity index (χ2n) is 5.34. The Hall–Kier alpha value is -2.10. The van der Waals surface area contributed by atoms with Crippen molar-refractivity contribution in [1.82, 2.24) is 4.98 Å². The average molecular weight is 345 g/mol. The molecule has 3 nitrogen and oxygen atoms in total. The molecule has 0 aliphatic rings. The molecule has 0 saturated carbocycles. The van der Waals surface area contributed by atoms with Crippen molar-refractivity contribution in [3.05, 3.63) is 69.3 Å². The first-order valence-electron chi connectivity index (χ1n) is 7.09. The molecule has 0 bridgehead atoms. The number of amides is 1. The van der Waals surface area contributed by atoms with E-state index in [-0.39, 0.29) is 5.91 Å². The summed E-state index contributed by atoms with van der Waals surface area (Å²) in [5, 5.41) is 5.06. The molecule has 1 N–H and O–H groups in total. The maximum Gasteiger partial charge on any atom is 0.255 e. The van der Waals surface area contributed by atoms with Crippen LogP contribution in [-0.4, -0.2) is 10.9 Å². The maximum absolute atomic E-state index is 12.4. The monoisotopic (exact) mass is 344 g/mol. The molecule has 0 atom stereocenters. The Morgan fingerprint density at radius 1 is 1.04 bits per heavy atom. The van der Waals surface area contributed by atoms with E-state index in [2.05, 4.69) is 10.3 Å². The van der Waals surface area contributed by atoms with E-state index in [9.17, 15) is 4.79 Å². The van der Waals surface area contributed by atoms with Gasteiger partial charge in [0, 0.05) is 26.7 Å². The van der Waals surface area contributed by atoms with Crippen molar-refractivity contribution in [3.8, 4) is 0 Å². The molecule has 0 saturated heterocycles. The lowest BCUT2D eigenvalue weighted by Crippen LogP contribution is -2.12. The SMILES string of the molecule is Cc1cc(NC(=O)c2ccc(Cl)cc2)c2ccc(Cl)c(C)c2n1. The van der Waals surface area contributed by atoms with Crippen LogP contribution in [-0.2, 0) is 0 Å². The van der Waals surface area contributed by atoms with Gasteiger partial charge >= 0.3 is 0 Å². The highest BCUT2D eigenvalue weighted by Gasteiger charge is 2.12. The van der Waals surface area contributed by atoms with Crippen LogP contribution in [0.4, 0.5) is 5.69 Å². The van der Waals surface area contributed by atoms with E-state index in [1.54, 1.807) is 24.3 Å². The van der Waals surface area contributed by atoms with Crippen molar-refractivity contribution >= 4 is 45.7 Å². The summed E-state index contributed by atoms with van der Waals surface area (Å²) in [5.41, 5.74) is 3.77. The van der Waals surface area contributed by atoms with E-state index in [0.29, 0.717) is 21.3 Å². The number of pyridine rings is 1. The molecule has 0 radical (unpaired) electrons. The predicted molar refractivity (Wildman–Crippen MR) is 95.6 cm³/mol. The minimum atomic E-state index is -0.193. The second-order valence-corrected chi connectivity index (χ2v) is 6.18. The average Bonchev–Trinajstić information content (AvgIpc) is 2.52. The molecule has 1 heterocycles. The number of carbonyl (C=O) groups excluding carboxylic acids is 1. The van der Waals surface area contributed by atoms with Crippen molar-refractivity contribution in [2.75, 3.05) is 5.32 Å². The van der Waals surface area contributed by atoms with E-state index < -0.39 is 0 Å². The molecule has 5 heteroatoms. The molecule has 116 valence electrons. The summed E-state index contributed by atoms with van der Waals surface area (Å²) in [5.74, 6) is -0.193. The molecular weight excluding hydrogens is 331 g/mol.